The van der Waals surface area contributed by atoms with Crippen molar-refractivity contribution >= 4 is 40.6 Å². The van der Waals surface area contributed by atoms with Crippen LogP contribution in [-0.4, -0.2) is 37.9 Å². The van der Waals surface area contributed by atoms with E-state index in [1.807, 2.05) is 33.7 Å². The summed E-state index contributed by atoms with van der Waals surface area (Å²) in [6.45, 7) is 4.30. The molecule has 2 aromatic heterocycles. The van der Waals surface area contributed by atoms with E-state index >= 15 is 0 Å². The number of hydrogen-bond donors (Lipinski definition) is 0. The Morgan fingerprint density at radius 1 is 1.26 bits per heavy atom. The van der Waals surface area contributed by atoms with Gasteiger partial charge in [0.15, 0.2) is 11.0 Å². The first-order chi connectivity index (χ1) is 13.2. The van der Waals surface area contributed by atoms with Crippen molar-refractivity contribution in [2.75, 3.05) is 12.3 Å². The molecule has 0 unspecified atom stereocenters. The number of benzene rings is 1. The summed E-state index contributed by atoms with van der Waals surface area (Å²) in [4.78, 5) is 16.0. The first kappa shape index (κ1) is 18.5. The topological polar surface area (TPSA) is 51.0 Å². The number of thioether (sulfide) groups is 1. The summed E-state index contributed by atoms with van der Waals surface area (Å²) >= 11 is 9.21. The number of fused-ring (bicyclic) bond motifs is 1. The van der Waals surface area contributed by atoms with Crippen molar-refractivity contribution in [2.45, 2.75) is 31.6 Å². The van der Waals surface area contributed by atoms with Crippen LogP contribution >= 0.6 is 34.7 Å². The molecule has 1 amide bonds. The van der Waals surface area contributed by atoms with E-state index in [4.69, 9.17) is 11.6 Å². The third-order valence-electron chi connectivity index (χ3n) is 4.62. The largest absolute Gasteiger partial charge is 0.337 e. The van der Waals surface area contributed by atoms with Crippen LogP contribution in [0, 0.1) is 0 Å². The van der Waals surface area contributed by atoms with Gasteiger partial charge in [0.25, 0.3) is 0 Å². The normalized spacial score (nSPS) is 13.6. The SMILES string of the molecule is CCn1c(SCC(=O)N2CCc3sccc3C2)nnc1-c1ccc(Cl)cc1. The van der Waals surface area contributed by atoms with Gasteiger partial charge in [-0.25, -0.2) is 0 Å². The highest BCUT2D eigenvalue weighted by Crippen LogP contribution is 2.27. The third kappa shape index (κ3) is 3.90. The zero-order valence-corrected chi connectivity index (χ0v) is 17.3. The molecule has 0 atom stereocenters. The quantitative estimate of drug-likeness (QED) is 0.578. The van der Waals surface area contributed by atoms with Crippen LogP contribution in [0.25, 0.3) is 11.4 Å². The number of hydrogen-bond acceptors (Lipinski definition) is 5. The fraction of sp³-hybridized carbons (Fsp3) is 0.316. The molecular formula is C19H19ClN4OS2. The maximum atomic E-state index is 12.7. The van der Waals surface area contributed by atoms with E-state index in [1.54, 1.807) is 11.3 Å². The lowest BCUT2D eigenvalue weighted by Gasteiger charge is -2.26. The molecule has 0 bridgehead atoms. The van der Waals surface area contributed by atoms with Gasteiger partial charge in [-0.1, -0.05) is 23.4 Å². The number of carbonyl (C=O) groups excluding carboxylic acids is 1. The van der Waals surface area contributed by atoms with Crippen molar-refractivity contribution in [3.05, 3.63) is 51.2 Å². The Morgan fingerprint density at radius 3 is 2.85 bits per heavy atom. The number of carbonyl (C=O) groups is 1. The molecule has 1 aliphatic rings. The summed E-state index contributed by atoms with van der Waals surface area (Å²) < 4.78 is 2.04. The highest BCUT2D eigenvalue weighted by molar-refractivity contribution is 7.99. The number of halogens is 1. The number of nitrogens with zero attached hydrogens (tertiary/aromatic N) is 4. The number of amides is 1. The highest BCUT2D eigenvalue weighted by Gasteiger charge is 2.22. The van der Waals surface area contributed by atoms with Crippen molar-refractivity contribution in [3.8, 4) is 11.4 Å². The van der Waals surface area contributed by atoms with Crippen molar-refractivity contribution in [1.82, 2.24) is 19.7 Å². The Hall–Kier alpha value is -1.83. The molecule has 140 valence electrons. The molecule has 0 aliphatic carbocycles. The first-order valence-corrected chi connectivity index (χ1v) is 11.0. The maximum absolute atomic E-state index is 12.7. The van der Waals surface area contributed by atoms with E-state index < -0.39 is 0 Å². The summed E-state index contributed by atoms with van der Waals surface area (Å²) in [5.74, 6) is 1.32. The summed E-state index contributed by atoms with van der Waals surface area (Å²) in [7, 11) is 0. The molecule has 8 heteroatoms. The van der Waals surface area contributed by atoms with Crippen LogP contribution < -0.4 is 0 Å². The Labute approximate surface area is 171 Å². The number of thiophene rings is 1. The van der Waals surface area contributed by atoms with E-state index in [9.17, 15) is 4.79 Å². The van der Waals surface area contributed by atoms with Crippen LogP contribution in [0.15, 0.2) is 40.9 Å². The van der Waals surface area contributed by atoms with Gasteiger partial charge in [0.05, 0.1) is 5.75 Å². The average molecular weight is 419 g/mol. The lowest BCUT2D eigenvalue weighted by molar-refractivity contribution is -0.129. The van der Waals surface area contributed by atoms with E-state index in [0.29, 0.717) is 17.3 Å². The monoisotopic (exact) mass is 418 g/mol. The molecule has 0 saturated heterocycles. The van der Waals surface area contributed by atoms with Crippen molar-refractivity contribution in [1.29, 1.82) is 0 Å². The molecule has 0 radical (unpaired) electrons. The van der Waals surface area contributed by atoms with E-state index in [2.05, 4.69) is 28.6 Å². The lowest BCUT2D eigenvalue weighted by Crippen LogP contribution is -2.36. The molecule has 0 fully saturated rings. The number of rotatable bonds is 5. The van der Waals surface area contributed by atoms with Crippen LogP contribution in [-0.2, 0) is 24.3 Å². The summed E-state index contributed by atoms with van der Waals surface area (Å²) in [6, 6.07) is 9.68. The maximum Gasteiger partial charge on any atom is 0.233 e. The zero-order chi connectivity index (χ0) is 18.8. The molecule has 3 aromatic rings. The minimum Gasteiger partial charge on any atom is -0.337 e. The summed E-state index contributed by atoms with van der Waals surface area (Å²) in [6.07, 6.45) is 0.954. The lowest BCUT2D eigenvalue weighted by atomic mass is 10.1. The Morgan fingerprint density at radius 2 is 2.07 bits per heavy atom. The van der Waals surface area contributed by atoms with Crippen LogP contribution in [0.4, 0.5) is 0 Å². The molecule has 5 nitrogen and oxygen atoms in total. The smallest absolute Gasteiger partial charge is 0.233 e. The minimum atomic E-state index is 0.149. The van der Waals surface area contributed by atoms with Crippen molar-refractivity contribution < 1.29 is 4.79 Å². The number of aromatic nitrogens is 3. The molecule has 3 heterocycles. The van der Waals surface area contributed by atoms with E-state index in [-0.39, 0.29) is 5.91 Å². The van der Waals surface area contributed by atoms with Gasteiger partial charge >= 0.3 is 0 Å². The minimum absolute atomic E-state index is 0.149. The molecule has 4 rings (SSSR count). The van der Waals surface area contributed by atoms with Crippen LogP contribution in [0.3, 0.4) is 0 Å². The van der Waals surface area contributed by atoms with Gasteiger partial charge in [-0.3, -0.25) is 4.79 Å². The predicted octanol–water partition coefficient (Wildman–Crippen LogP) is 4.36. The Balaban J connectivity index is 1.44. The van der Waals surface area contributed by atoms with E-state index in [1.165, 1.54) is 22.2 Å². The van der Waals surface area contributed by atoms with Gasteiger partial charge in [0, 0.05) is 35.1 Å². The van der Waals surface area contributed by atoms with Crippen LogP contribution in [0.5, 0.6) is 0 Å². The summed E-state index contributed by atoms with van der Waals surface area (Å²) in [5.41, 5.74) is 2.25. The van der Waals surface area contributed by atoms with Gasteiger partial charge in [-0.15, -0.1) is 21.5 Å². The van der Waals surface area contributed by atoms with Gasteiger partial charge in [0.2, 0.25) is 5.91 Å². The van der Waals surface area contributed by atoms with Gasteiger partial charge in [-0.05, 0) is 54.6 Å². The molecule has 1 aromatic carbocycles. The van der Waals surface area contributed by atoms with Gasteiger partial charge in [-0.2, -0.15) is 0 Å². The van der Waals surface area contributed by atoms with Crippen molar-refractivity contribution in [2.24, 2.45) is 0 Å². The molecular weight excluding hydrogens is 400 g/mol. The zero-order valence-electron chi connectivity index (χ0n) is 14.9. The second kappa shape index (κ2) is 8.04. The third-order valence-corrected chi connectivity index (χ3v) is 6.85. The molecule has 0 N–H and O–H groups in total. The average Bonchev–Trinajstić information content (AvgIpc) is 3.32. The molecule has 1 aliphatic heterocycles. The second-order valence-corrected chi connectivity index (χ2v) is 8.66. The fourth-order valence-electron chi connectivity index (χ4n) is 3.17. The molecule has 27 heavy (non-hydrogen) atoms. The van der Waals surface area contributed by atoms with Crippen LogP contribution in [0.2, 0.25) is 5.02 Å². The predicted molar refractivity (Wildman–Crippen MR) is 110 cm³/mol. The standard InChI is InChI=1S/C19H19ClN4OS2/c1-2-24-18(13-3-5-15(20)6-4-13)21-22-19(24)27-12-17(25)23-9-7-16-14(11-23)8-10-26-16/h3-6,8,10H,2,7,9,11-12H2,1H3. The fourth-order valence-corrected chi connectivity index (χ4v) is 5.09. The molecule has 0 spiro atoms. The highest BCUT2D eigenvalue weighted by atomic mass is 35.5. The van der Waals surface area contributed by atoms with Crippen molar-refractivity contribution in [3.63, 3.8) is 0 Å². The van der Waals surface area contributed by atoms with Crippen LogP contribution in [0.1, 0.15) is 17.4 Å². The van der Waals surface area contributed by atoms with E-state index in [0.717, 1.165) is 36.1 Å². The molecule has 0 saturated carbocycles. The van der Waals surface area contributed by atoms with Gasteiger partial charge in [0.1, 0.15) is 0 Å². The summed E-state index contributed by atoms with van der Waals surface area (Å²) in [5, 5.41) is 12.2. The second-order valence-electron chi connectivity index (χ2n) is 6.28. The Kier molecular flexibility index (Phi) is 5.52. The van der Waals surface area contributed by atoms with Gasteiger partial charge < -0.3 is 9.47 Å². The Bertz CT molecular complexity index is 951. The first-order valence-electron chi connectivity index (χ1n) is 8.80.